The van der Waals surface area contributed by atoms with Gasteiger partial charge in [0.25, 0.3) is 0 Å². The Morgan fingerprint density at radius 2 is 1.91 bits per heavy atom. The zero-order valence-electron chi connectivity index (χ0n) is 13.0. The SMILES string of the molecule is Fc1cccc(Cl)c1COc1cccc(CNC2CCCC2)c1. The molecule has 0 unspecified atom stereocenters. The Bertz CT molecular complexity index is 635. The summed E-state index contributed by atoms with van der Waals surface area (Å²) in [6, 6.07) is 13.2. The quantitative estimate of drug-likeness (QED) is 0.795. The van der Waals surface area contributed by atoms with Gasteiger partial charge in [0.2, 0.25) is 0 Å². The Morgan fingerprint density at radius 3 is 2.70 bits per heavy atom. The largest absolute Gasteiger partial charge is 0.489 e. The van der Waals surface area contributed by atoms with Gasteiger partial charge in [0, 0.05) is 18.2 Å². The lowest BCUT2D eigenvalue weighted by molar-refractivity contribution is 0.299. The third-order valence-electron chi connectivity index (χ3n) is 4.29. The van der Waals surface area contributed by atoms with Gasteiger partial charge in [0.1, 0.15) is 18.2 Å². The maximum atomic E-state index is 13.8. The van der Waals surface area contributed by atoms with Crippen molar-refractivity contribution in [2.75, 3.05) is 0 Å². The predicted octanol–water partition coefficient (Wildman–Crippen LogP) is 5.09. The first-order valence-corrected chi connectivity index (χ1v) is 8.48. The van der Waals surface area contributed by atoms with Crippen molar-refractivity contribution in [2.45, 2.75) is 44.9 Å². The van der Waals surface area contributed by atoms with Gasteiger partial charge in [-0.25, -0.2) is 4.39 Å². The molecule has 0 saturated heterocycles. The molecule has 122 valence electrons. The first-order chi connectivity index (χ1) is 11.2. The van der Waals surface area contributed by atoms with E-state index in [9.17, 15) is 4.39 Å². The third-order valence-corrected chi connectivity index (χ3v) is 4.65. The molecule has 0 radical (unpaired) electrons. The zero-order valence-corrected chi connectivity index (χ0v) is 13.8. The molecule has 0 heterocycles. The molecular weight excluding hydrogens is 313 g/mol. The molecule has 1 N–H and O–H groups in total. The van der Waals surface area contributed by atoms with Crippen LogP contribution in [0.2, 0.25) is 5.02 Å². The number of halogens is 2. The van der Waals surface area contributed by atoms with Gasteiger partial charge in [-0.05, 0) is 42.7 Å². The Labute approximate surface area is 141 Å². The van der Waals surface area contributed by atoms with Gasteiger partial charge in [-0.3, -0.25) is 0 Å². The number of nitrogens with one attached hydrogen (secondary N) is 1. The van der Waals surface area contributed by atoms with Gasteiger partial charge < -0.3 is 10.1 Å². The average molecular weight is 334 g/mol. The normalized spacial score (nSPS) is 15.0. The Kier molecular flexibility index (Phi) is 5.52. The summed E-state index contributed by atoms with van der Waals surface area (Å²) < 4.78 is 19.5. The first-order valence-electron chi connectivity index (χ1n) is 8.10. The van der Waals surface area contributed by atoms with Crippen LogP contribution in [0.15, 0.2) is 42.5 Å². The van der Waals surface area contributed by atoms with Crippen molar-refractivity contribution in [3.8, 4) is 5.75 Å². The summed E-state index contributed by atoms with van der Waals surface area (Å²) in [5, 5.41) is 3.97. The smallest absolute Gasteiger partial charge is 0.131 e. The molecular formula is C19H21ClFNO. The summed E-state index contributed by atoms with van der Waals surface area (Å²) in [5.41, 5.74) is 1.57. The first kappa shape index (κ1) is 16.3. The van der Waals surface area contributed by atoms with Crippen molar-refractivity contribution in [1.29, 1.82) is 0 Å². The van der Waals surface area contributed by atoms with E-state index in [1.807, 2.05) is 18.2 Å². The van der Waals surface area contributed by atoms with E-state index in [1.165, 1.54) is 37.3 Å². The van der Waals surface area contributed by atoms with Gasteiger partial charge >= 0.3 is 0 Å². The van der Waals surface area contributed by atoms with E-state index in [1.54, 1.807) is 12.1 Å². The molecule has 2 nitrogen and oxygen atoms in total. The topological polar surface area (TPSA) is 21.3 Å². The van der Waals surface area contributed by atoms with Crippen LogP contribution in [-0.2, 0) is 13.2 Å². The predicted molar refractivity (Wildman–Crippen MR) is 91.3 cm³/mol. The molecule has 23 heavy (non-hydrogen) atoms. The van der Waals surface area contributed by atoms with Crippen LogP contribution >= 0.6 is 11.6 Å². The second-order valence-corrected chi connectivity index (χ2v) is 6.41. The molecule has 4 heteroatoms. The number of benzene rings is 2. The summed E-state index contributed by atoms with van der Waals surface area (Å²) in [5.74, 6) is 0.395. The van der Waals surface area contributed by atoms with Crippen LogP contribution in [0.25, 0.3) is 0 Å². The van der Waals surface area contributed by atoms with E-state index in [0.29, 0.717) is 16.6 Å². The van der Waals surface area contributed by atoms with E-state index in [-0.39, 0.29) is 12.4 Å². The summed E-state index contributed by atoms with van der Waals surface area (Å²) in [7, 11) is 0. The number of rotatable bonds is 6. The van der Waals surface area contributed by atoms with Crippen molar-refractivity contribution < 1.29 is 9.13 Å². The highest BCUT2D eigenvalue weighted by molar-refractivity contribution is 6.31. The van der Waals surface area contributed by atoms with Crippen LogP contribution in [-0.4, -0.2) is 6.04 Å². The minimum absolute atomic E-state index is 0.130. The van der Waals surface area contributed by atoms with Crippen molar-refractivity contribution in [3.63, 3.8) is 0 Å². The van der Waals surface area contributed by atoms with Gasteiger partial charge in [0.15, 0.2) is 0 Å². The highest BCUT2D eigenvalue weighted by atomic mass is 35.5. The van der Waals surface area contributed by atoms with E-state index in [4.69, 9.17) is 16.3 Å². The molecule has 0 spiro atoms. The van der Waals surface area contributed by atoms with Crippen LogP contribution < -0.4 is 10.1 Å². The van der Waals surface area contributed by atoms with E-state index < -0.39 is 0 Å². The van der Waals surface area contributed by atoms with Gasteiger partial charge in [0.05, 0.1) is 5.02 Å². The van der Waals surface area contributed by atoms with Crippen molar-refractivity contribution >= 4 is 11.6 Å². The van der Waals surface area contributed by atoms with Gasteiger partial charge in [-0.2, -0.15) is 0 Å². The van der Waals surface area contributed by atoms with Crippen molar-refractivity contribution in [3.05, 3.63) is 64.4 Å². The van der Waals surface area contributed by atoms with E-state index in [0.717, 1.165) is 12.3 Å². The van der Waals surface area contributed by atoms with Crippen LogP contribution in [0.4, 0.5) is 4.39 Å². The standard InChI is InChI=1S/C19H21ClFNO/c20-18-9-4-10-19(21)17(18)13-23-16-8-3-5-14(11-16)12-22-15-6-1-2-7-15/h3-5,8-11,15,22H,1-2,6-7,12-13H2. The molecule has 2 aromatic rings. The molecule has 0 atom stereocenters. The summed E-state index contributed by atoms with van der Waals surface area (Å²) in [6.07, 6.45) is 5.18. The molecule has 1 saturated carbocycles. The maximum absolute atomic E-state index is 13.8. The molecule has 1 aliphatic carbocycles. The summed E-state index contributed by atoms with van der Waals surface area (Å²) in [4.78, 5) is 0. The lowest BCUT2D eigenvalue weighted by Gasteiger charge is -2.13. The second-order valence-electron chi connectivity index (χ2n) is 6.00. The average Bonchev–Trinajstić information content (AvgIpc) is 3.06. The van der Waals surface area contributed by atoms with Crippen LogP contribution in [0.1, 0.15) is 36.8 Å². The highest BCUT2D eigenvalue weighted by Gasteiger charge is 2.14. The number of hydrogen-bond acceptors (Lipinski definition) is 2. The number of hydrogen-bond donors (Lipinski definition) is 1. The molecule has 1 aliphatic rings. The van der Waals surface area contributed by atoms with E-state index >= 15 is 0 Å². The maximum Gasteiger partial charge on any atom is 0.131 e. The Balaban J connectivity index is 1.58. The number of ether oxygens (including phenoxy) is 1. The molecule has 0 amide bonds. The van der Waals surface area contributed by atoms with Crippen LogP contribution in [0.3, 0.4) is 0 Å². The Hall–Kier alpha value is -1.58. The van der Waals surface area contributed by atoms with E-state index in [2.05, 4.69) is 11.4 Å². The lowest BCUT2D eigenvalue weighted by Crippen LogP contribution is -2.25. The fourth-order valence-corrected chi connectivity index (χ4v) is 3.18. The monoisotopic (exact) mass is 333 g/mol. The van der Waals surface area contributed by atoms with Crippen molar-refractivity contribution in [1.82, 2.24) is 5.32 Å². The molecule has 0 aliphatic heterocycles. The Morgan fingerprint density at radius 1 is 1.13 bits per heavy atom. The second kappa shape index (κ2) is 7.80. The fraction of sp³-hybridized carbons (Fsp3) is 0.368. The molecule has 2 aromatic carbocycles. The minimum atomic E-state index is -0.337. The minimum Gasteiger partial charge on any atom is -0.489 e. The van der Waals surface area contributed by atoms with Crippen LogP contribution in [0, 0.1) is 5.82 Å². The van der Waals surface area contributed by atoms with Crippen molar-refractivity contribution in [2.24, 2.45) is 0 Å². The third kappa shape index (κ3) is 4.46. The molecule has 3 rings (SSSR count). The van der Waals surface area contributed by atoms with Crippen LogP contribution in [0.5, 0.6) is 5.75 Å². The van der Waals surface area contributed by atoms with Gasteiger partial charge in [-0.1, -0.05) is 42.6 Å². The molecule has 0 bridgehead atoms. The van der Waals surface area contributed by atoms with Gasteiger partial charge in [-0.15, -0.1) is 0 Å². The highest BCUT2D eigenvalue weighted by Crippen LogP contribution is 2.22. The lowest BCUT2D eigenvalue weighted by atomic mass is 10.2. The summed E-state index contributed by atoms with van der Waals surface area (Å²) >= 11 is 6.02. The molecule has 0 aromatic heterocycles. The summed E-state index contributed by atoms with van der Waals surface area (Å²) in [6.45, 7) is 0.966. The zero-order chi connectivity index (χ0) is 16.1. The fourth-order valence-electron chi connectivity index (χ4n) is 2.96. The molecule has 1 fully saturated rings.